The first-order chi connectivity index (χ1) is 10.4. The minimum absolute atomic E-state index is 0.472. The molecule has 0 spiro atoms. The number of rotatable bonds is 4. The number of thioether (sulfide) groups is 1. The molecule has 2 heteroatoms. The van der Waals surface area contributed by atoms with Crippen molar-refractivity contribution in [3.05, 3.63) is 60.2 Å². The summed E-state index contributed by atoms with van der Waals surface area (Å²) in [6.45, 7) is 0. The molecule has 3 rings (SSSR count). The van der Waals surface area contributed by atoms with Crippen LogP contribution in [0.5, 0.6) is 0 Å². The Morgan fingerprint density at radius 2 is 1.67 bits per heavy atom. The van der Waals surface area contributed by atoms with Gasteiger partial charge >= 0.3 is 0 Å². The molecule has 2 aromatic rings. The third-order valence-electron chi connectivity index (χ3n) is 4.27. The summed E-state index contributed by atoms with van der Waals surface area (Å²) in [5.41, 5.74) is 4.00. The topological polar surface area (TPSA) is 12.0 Å². The second kappa shape index (κ2) is 7.15. The van der Waals surface area contributed by atoms with E-state index in [2.05, 4.69) is 78.7 Å². The number of hydrogen-bond acceptors (Lipinski definition) is 2. The van der Waals surface area contributed by atoms with Gasteiger partial charge in [0, 0.05) is 11.3 Å². The van der Waals surface area contributed by atoms with E-state index in [-0.39, 0.29) is 0 Å². The van der Waals surface area contributed by atoms with Gasteiger partial charge in [0.25, 0.3) is 0 Å². The van der Waals surface area contributed by atoms with Crippen molar-refractivity contribution >= 4 is 11.8 Å². The van der Waals surface area contributed by atoms with Gasteiger partial charge < -0.3 is 5.32 Å². The first-order valence-electron chi connectivity index (χ1n) is 7.83. The fraction of sp³-hybridized carbons (Fsp3) is 0.368. The van der Waals surface area contributed by atoms with Crippen LogP contribution < -0.4 is 5.32 Å². The summed E-state index contributed by atoms with van der Waals surface area (Å²) < 4.78 is 0. The first-order valence-corrected chi connectivity index (χ1v) is 8.87. The summed E-state index contributed by atoms with van der Waals surface area (Å²) in [5.74, 6) is 1.31. The van der Waals surface area contributed by atoms with E-state index in [9.17, 15) is 0 Å². The molecule has 0 aromatic heterocycles. The Morgan fingerprint density at radius 3 is 2.29 bits per heavy atom. The molecule has 21 heavy (non-hydrogen) atoms. The molecule has 1 saturated heterocycles. The molecule has 0 amide bonds. The van der Waals surface area contributed by atoms with Crippen molar-refractivity contribution in [3.63, 3.8) is 0 Å². The third kappa shape index (κ3) is 3.50. The molecule has 0 aliphatic carbocycles. The van der Waals surface area contributed by atoms with E-state index >= 15 is 0 Å². The van der Waals surface area contributed by atoms with Crippen molar-refractivity contribution in [1.82, 2.24) is 5.32 Å². The van der Waals surface area contributed by atoms with Crippen LogP contribution in [0.4, 0.5) is 0 Å². The maximum absolute atomic E-state index is 3.53. The highest BCUT2D eigenvalue weighted by Crippen LogP contribution is 2.35. The molecule has 110 valence electrons. The van der Waals surface area contributed by atoms with E-state index in [1.807, 2.05) is 0 Å². The lowest BCUT2D eigenvalue weighted by atomic mass is 9.97. The summed E-state index contributed by atoms with van der Waals surface area (Å²) in [6, 6.07) is 20.2. The largest absolute Gasteiger partial charge is 0.312 e. The van der Waals surface area contributed by atoms with Gasteiger partial charge in [-0.15, -0.1) is 0 Å². The van der Waals surface area contributed by atoms with Crippen LogP contribution in [0, 0.1) is 0 Å². The van der Waals surface area contributed by atoms with Crippen molar-refractivity contribution < 1.29 is 0 Å². The molecule has 1 N–H and O–H groups in total. The van der Waals surface area contributed by atoms with E-state index in [1.54, 1.807) is 0 Å². The van der Waals surface area contributed by atoms with Crippen molar-refractivity contribution in [2.45, 2.75) is 30.6 Å². The standard InChI is InChI=1S/C19H23NS/c1-20-19(18-9-5-6-14-21-18)17-12-10-16(11-13-17)15-7-3-2-4-8-15/h2-4,7-8,10-13,18-20H,5-6,9,14H2,1H3. The zero-order chi connectivity index (χ0) is 14.5. The van der Waals surface area contributed by atoms with Crippen LogP contribution in [-0.4, -0.2) is 18.1 Å². The highest BCUT2D eigenvalue weighted by atomic mass is 32.2. The summed E-state index contributed by atoms with van der Waals surface area (Å²) in [4.78, 5) is 0. The highest BCUT2D eigenvalue weighted by molar-refractivity contribution is 8.00. The molecule has 0 radical (unpaired) electrons. The highest BCUT2D eigenvalue weighted by Gasteiger charge is 2.24. The van der Waals surface area contributed by atoms with E-state index in [0.717, 1.165) is 0 Å². The molecule has 0 saturated carbocycles. The molecule has 1 heterocycles. The van der Waals surface area contributed by atoms with E-state index in [4.69, 9.17) is 0 Å². The maximum Gasteiger partial charge on any atom is 0.0438 e. The van der Waals surface area contributed by atoms with Crippen molar-refractivity contribution in [2.24, 2.45) is 0 Å². The number of benzene rings is 2. The Bertz CT molecular complexity index is 544. The van der Waals surface area contributed by atoms with Crippen LogP contribution in [0.3, 0.4) is 0 Å². The third-order valence-corrected chi connectivity index (χ3v) is 5.74. The lowest BCUT2D eigenvalue weighted by Crippen LogP contribution is -2.29. The number of hydrogen-bond donors (Lipinski definition) is 1. The van der Waals surface area contributed by atoms with Crippen molar-refractivity contribution in [2.75, 3.05) is 12.8 Å². The maximum atomic E-state index is 3.53. The molecule has 2 unspecified atom stereocenters. The van der Waals surface area contributed by atoms with E-state index < -0.39 is 0 Å². The van der Waals surface area contributed by atoms with Crippen LogP contribution in [0.1, 0.15) is 30.9 Å². The fourth-order valence-electron chi connectivity index (χ4n) is 3.11. The first kappa shape index (κ1) is 14.7. The lowest BCUT2D eigenvalue weighted by Gasteiger charge is -2.30. The van der Waals surface area contributed by atoms with Crippen molar-refractivity contribution in [1.29, 1.82) is 0 Å². The summed E-state index contributed by atoms with van der Waals surface area (Å²) in [7, 11) is 2.09. The zero-order valence-corrected chi connectivity index (χ0v) is 13.4. The van der Waals surface area contributed by atoms with Crippen molar-refractivity contribution in [3.8, 4) is 11.1 Å². The van der Waals surface area contributed by atoms with Gasteiger partial charge in [0.05, 0.1) is 0 Å². The summed E-state index contributed by atoms with van der Waals surface area (Å²) in [6.07, 6.45) is 4.08. The lowest BCUT2D eigenvalue weighted by molar-refractivity contribution is 0.516. The average Bonchev–Trinajstić information content (AvgIpc) is 2.58. The molecular formula is C19H23NS. The minimum Gasteiger partial charge on any atom is -0.312 e. The van der Waals surface area contributed by atoms with Gasteiger partial charge in [0.2, 0.25) is 0 Å². The monoisotopic (exact) mass is 297 g/mol. The Morgan fingerprint density at radius 1 is 0.952 bits per heavy atom. The molecule has 1 nitrogen and oxygen atoms in total. The average molecular weight is 297 g/mol. The van der Waals surface area contributed by atoms with E-state index in [0.29, 0.717) is 11.3 Å². The van der Waals surface area contributed by atoms with Gasteiger partial charge in [-0.25, -0.2) is 0 Å². The predicted octanol–water partition coefficient (Wildman–Crippen LogP) is 4.90. The van der Waals surface area contributed by atoms with Gasteiger partial charge in [-0.1, -0.05) is 61.0 Å². The number of nitrogens with one attached hydrogen (secondary N) is 1. The predicted molar refractivity (Wildman–Crippen MR) is 93.8 cm³/mol. The van der Waals surface area contributed by atoms with Crippen LogP contribution in [-0.2, 0) is 0 Å². The second-order valence-corrected chi connectivity index (χ2v) is 7.01. The Labute approximate surface area is 132 Å². The van der Waals surface area contributed by atoms with Crippen LogP contribution in [0.15, 0.2) is 54.6 Å². The Balaban J connectivity index is 1.79. The molecule has 1 aliphatic rings. The summed E-state index contributed by atoms with van der Waals surface area (Å²) in [5, 5.41) is 4.24. The Hall–Kier alpha value is -1.25. The van der Waals surface area contributed by atoms with Crippen LogP contribution in [0.2, 0.25) is 0 Å². The quantitative estimate of drug-likeness (QED) is 0.861. The molecule has 2 atom stereocenters. The SMILES string of the molecule is CNC(c1ccc(-c2ccccc2)cc1)C1CCCCS1. The van der Waals surface area contributed by atoms with Gasteiger partial charge in [0.15, 0.2) is 0 Å². The molecular weight excluding hydrogens is 274 g/mol. The van der Waals surface area contributed by atoms with Gasteiger partial charge in [-0.2, -0.15) is 11.8 Å². The molecule has 2 aromatic carbocycles. The normalized spacial score (nSPS) is 20.1. The van der Waals surface area contributed by atoms with Gasteiger partial charge in [0.1, 0.15) is 0 Å². The van der Waals surface area contributed by atoms with E-state index in [1.165, 1.54) is 41.7 Å². The van der Waals surface area contributed by atoms with Gasteiger partial charge in [-0.05, 0) is 42.3 Å². The molecule has 1 fully saturated rings. The Kier molecular flexibility index (Phi) is 5.00. The zero-order valence-electron chi connectivity index (χ0n) is 12.6. The second-order valence-electron chi connectivity index (χ2n) is 5.66. The fourth-order valence-corrected chi connectivity index (χ4v) is 4.60. The smallest absolute Gasteiger partial charge is 0.0438 e. The van der Waals surface area contributed by atoms with Crippen LogP contribution in [0.25, 0.3) is 11.1 Å². The minimum atomic E-state index is 0.472. The molecule has 1 aliphatic heterocycles. The molecule has 0 bridgehead atoms. The van der Waals surface area contributed by atoms with Gasteiger partial charge in [-0.3, -0.25) is 0 Å². The summed E-state index contributed by atoms with van der Waals surface area (Å²) >= 11 is 2.13. The van der Waals surface area contributed by atoms with Crippen LogP contribution >= 0.6 is 11.8 Å².